The number of hydrogen-bond donors (Lipinski definition) is 2. The fourth-order valence-corrected chi connectivity index (χ4v) is 1.62. The molecule has 0 aliphatic heterocycles. The highest BCUT2D eigenvalue weighted by Crippen LogP contribution is 2.07. The van der Waals surface area contributed by atoms with Crippen LogP contribution in [0.15, 0.2) is 36.8 Å². The van der Waals surface area contributed by atoms with E-state index in [-0.39, 0.29) is 0 Å². The molecule has 0 amide bonds. The number of nitrogens with one attached hydrogen (secondary N) is 2. The Balaban J connectivity index is 2.59. The number of fused-ring (bicyclic) bond motifs is 1. The normalized spacial score (nSPS) is 11.7. The van der Waals surface area contributed by atoms with Crippen molar-refractivity contribution < 1.29 is 0 Å². The lowest BCUT2D eigenvalue weighted by atomic mass is 10.1. The first kappa shape index (κ1) is 12.0. The first-order valence-corrected chi connectivity index (χ1v) is 5.42. The van der Waals surface area contributed by atoms with Crippen LogP contribution in [0.4, 0.5) is 0 Å². The van der Waals surface area contributed by atoms with E-state index in [0.717, 1.165) is 21.6 Å². The van der Waals surface area contributed by atoms with Crippen molar-refractivity contribution in [3.05, 3.63) is 47.4 Å². The molecule has 0 aromatic carbocycles. The molecular formula is C14H14N4. The summed E-state index contributed by atoms with van der Waals surface area (Å²) in [4.78, 5) is 11.2. The van der Waals surface area contributed by atoms with Crippen molar-refractivity contribution in [3.63, 3.8) is 0 Å². The third kappa shape index (κ3) is 2.00. The largest absolute Gasteiger partial charge is 0.339 e. The molecule has 0 aliphatic carbocycles. The average molecular weight is 238 g/mol. The Morgan fingerprint density at radius 1 is 1.44 bits per heavy atom. The second-order valence-electron chi connectivity index (χ2n) is 4.08. The van der Waals surface area contributed by atoms with Crippen LogP contribution in [-0.4, -0.2) is 20.7 Å². The number of aromatic nitrogens is 3. The standard InChI is InChI=1S/C14H14N4/c1-8(9(2)11(4)15)5-13-10(3)12-6-16-7-17-14(12)18-13/h5-7,15H,1-3H2,4H3,(H,16,17,18). The van der Waals surface area contributed by atoms with Gasteiger partial charge in [-0.1, -0.05) is 19.7 Å². The number of rotatable bonds is 3. The molecule has 2 N–H and O–H groups in total. The molecule has 2 aromatic heterocycles. The fraction of sp³-hybridized carbons (Fsp3) is 0.0714. The first-order chi connectivity index (χ1) is 8.50. The molecule has 0 spiro atoms. The van der Waals surface area contributed by atoms with Gasteiger partial charge in [0.1, 0.15) is 12.0 Å². The molecule has 0 radical (unpaired) electrons. The summed E-state index contributed by atoms with van der Waals surface area (Å²) in [5.74, 6) is 0. The van der Waals surface area contributed by atoms with Crippen molar-refractivity contribution in [2.45, 2.75) is 6.92 Å². The topological polar surface area (TPSA) is 65.4 Å². The van der Waals surface area contributed by atoms with E-state index in [4.69, 9.17) is 5.41 Å². The van der Waals surface area contributed by atoms with Crippen molar-refractivity contribution in [3.8, 4) is 0 Å². The molecule has 0 fully saturated rings. The Hall–Kier alpha value is -2.49. The van der Waals surface area contributed by atoms with E-state index < -0.39 is 0 Å². The van der Waals surface area contributed by atoms with Crippen LogP contribution < -0.4 is 10.6 Å². The van der Waals surface area contributed by atoms with E-state index in [1.165, 1.54) is 6.33 Å². The quantitative estimate of drug-likeness (QED) is 0.625. The third-order valence-corrected chi connectivity index (χ3v) is 2.77. The SMILES string of the molecule is C=C(C=c1[nH]c2ncncc2c1=C)C(=C)C(C)=N. The van der Waals surface area contributed by atoms with Crippen LogP contribution in [0.5, 0.6) is 0 Å². The smallest absolute Gasteiger partial charge is 0.141 e. The first-order valence-electron chi connectivity index (χ1n) is 5.42. The second kappa shape index (κ2) is 4.41. The van der Waals surface area contributed by atoms with E-state index in [1.54, 1.807) is 13.1 Å². The summed E-state index contributed by atoms with van der Waals surface area (Å²) < 4.78 is 0. The summed E-state index contributed by atoms with van der Waals surface area (Å²) in [6.45, 7) is 13.4. The summed E-state index contributed by atoms with van der Waals surface area (Å²) in [5, 5.41) is 10.1. The van der Waals surface area contributed by atoms with Crippen molar-refractivity contribution in [1.29, 1.82) is 5.41 Å². The molecule has 2 aromatic rings. The monoisotopic (exact) mass is 238 g/mol. The van der Waals surface area contributed by atoms with Crippen LogP contribution in [0.25, 0.3) is 23.7 Å². The highest BCUT2D eigenvalue weighted by molar-refractivity contribution is 6.01. The molecule has 90 valence electrons. The molecule has 0 atom stereocenters. The molecule has 0 aliphatic rings. The molecule has 4 nitrogen and oxygen atoms in total. The Morgan fingerprint density at radius 2 is 2.17 bits per heavy atom. The van der Waals surface area contributed by atoms with Crippen LogP contribution in [0.2, 0.25) is 0 Å². The lowest BCUT2D eigenvalue weighted by molar-refractivity contribution is 1.19. The highest BCUT2D eigenvalue weighted by atomic mass is 14.9. The van der Waals surface area contributed by atoms with Gasteiger partial charge in [0.05, 0.1) is 0 Å². The lowest BCUT2D eigenvalue weighted by Gasteiger charge is -2.00. The highest BCUT2D eigenvalue weighted by Gasteiger charge is 2.02. The zero-order valence-corrected chi connectivity index (χ0v) is 10.2. The van der Waals surface area contributed by atoms with Gasteiger partial charge in [0.25, 0.3) is 0 Å². The van der Waals surface area contributed by atoms with Gasteiger partial charge < -0.3 is 10.4 Å². The van der Waals surface area contributed by atoms with Gasteiger partial charge in [0, 0.05) is 27.9 Å². The van der Waals surface area contributed by atoms with Crippen LogP contribution in [0.1, 0.15) is 6.92 Å². The van der Waals surface area contributed by atoms with Crippen LogP contribution >= 0.6 is 0 Å². The van der Waals surface area contributed by atoms with Gasteiger partial charge in [-0.25, -0.2) is 9.97 Å². The van der Waals surface area contributed by atoms with Gasteiger partial charge in [0.2, 0.25) is 0 Å². The number of H-pyrrole nitrogens is 1. The summed E-state index contributed by atoms with van der Waals surface area (Å²) >= 11 is 0. The van der Waals surface area contributed by atoms with Gasteiger partial charge >= 0.3 is 0 Å². The van der Waals surface area contributed by atoms with Gasteiger partial charge in [-0.3, -0.25) is 0 Å². The molecule has 0 unspecified atom stereocenters. The number of hydrogen-bond acceptors (Lipinski definition) is 3. The van der Waals surface area contributed by atoms with Gasteiger partial charge in [0.15, 0.2) is 0 Å². The zero-order valence-electron chi connectivity index (χ0n) is 10.2. The van der Waals surface area contributed by atoms with Crippen molar-refractivity contribution in [1.82, 2.24) is 15.0 Å². The third-order valence-electron chi connectivity index (χ3n) is 2.77. The minimum atomic E-state index is 0.401. The molecule has 0 bridgehead atoms. The maximum atomic E-state index is 7.53. The van der Waals surface area contributed by atoms with E-state index in [0.29, 0.717) is 16.9 Å². The summed E-state index contributed by atoms with van der Waals surface area (Å²) in [6, 6.07) is 0. The van der Waals surface area contributed by atoms with E-state index in [9.17, 15) is 0 Å². The minimum absolute atomic E-state index is 0.401. The predicted molar refractivity (Wildman–Crippen MR) is 74.8 cm³/mol. The Morgan fingerprint density at radius 3 is 2.78 bits per heavy atom. The van der Waals surface area contributed by atoms with E-state index in [2.05, 4.69) is 34.7 Å². The van der Waals surface area contributed by atoms with Crippen molar-refractivity contribution >= 4 is 29.4 Å². The second-order valence-corrected chi connectivity index (χ2v) is 4.08. The average Bonchev–Trinajstić information content (AvgIpc) is 2.66. The number of allylic oxidation sites excluding steroid dienone is 2. The molecule has 18 heavy (non-hydrogen) atoms. The Kier molecular flexibility index (Phi) is 2.93. The van der Waals surface area contributed by atoms with Crippen molar-refractivity contribution in [2.75, 3.05) is 0 Å². The molecule has 4 heteroatoms. The molecular weight excluding hydrogens is 224 g/mol. The predicted octanol–water partition coefficient (Wildman–Crippen LogP) is 1.30. The lowest BCUT2D eigenvalue weighted by Crippen LogP contribution is -2.21. The van der Waals surface area contributed by atoms with Gasteiger partial charge in [-0.2, -0.15) is 0 Å². The van der Waals surface area contributed by atoms with E-state index >= 15 is 0 Å². The summed E-state index contributed by atoms with van der Waals surface area (Å²) in [5.41, 5.74) is 2.44. The maximum Gasteiger partial charge on any atom is 0.141 e. The Bertz CT molecular complexity index is 765. The van der Waals surface area contributed by atoms with Crippen molar-refractivity contribution in [2.24, 2.45) is 0 Å². The fourth-order valence-electron chi connectivity index (χ4n) is 1.62. The van der Waals surface area contributed by atoms with E-state index in [1.807, 2.05) is 6.08 Å². The zero-order chi connectivity index (χ0) is 13.3. The number of nitrogens with zero attached hydrogens (tertiary/aromatic N) is 2. The summed E-state index contributed by atoms with van der Waals surface area (Å²) in [6.07, 6.45) is 5.03. The van der Waals surface area contributed by atoms with Crippen LogP contribution in [0.3, 0.4) is 0 Å². The summed E-state index contributed by atoms with van der Waals surface area (Å²) in [7, 11) is 0. The van der Waals surface area contributed by atoms with Gasteiger partial charge in [-0.15, -0.1) is 0 Å². The Labute approximate surface area is 105 Å². The molecule has 0 saturated heterocycles. The number of aromatic amines is 1. The van der Waals surface area contributed by atoms with Crippen LogP contribution in [-0.2, 0) is 0 Å². The molecule has 2 rings (SSSR count). The minimum Gasteiger partial charge on any atom is -0.339 e. The molecule has 0 saturated carbocycles. The van der Waals surface area contributed by atoms with Gasteiger partial charge in [-0.05, 0) is 24.1 Å². The van der Waals surface area contributed by atoms with Crippen LogP contribution in [0, 0.1) is 5.41 Å². The maximum absolute atomic E-state index is 7.53. The molecule has 2 heterocycles.